The Morgan fingerprint density at radius 2 is 2.07 bits per heavy atom. The summed E-state index contributed by atoms with van der Waals surface area (Å²) in [5.74, 6) is 0.759. The highest BCUT2D eigenvalue weighted by atomic mass is 16.2. The summed E-state index contributed by atoms with van der Waals surface area (Å²) in [5.41, 5.74) is 3.20. The molecule has 2 aliphatic heterocycles. The van der Waals surface area contributed by atoms with Crippen molar-refractivity contribution in [2.45, 2.75) is 45.6 Å². The maximum Gasteiger partial charge on any atom is 0.228 e. The fraction of sp³-hybridized carbons (Fsp3) is 0.550. The number of nitrogens with zero attached hydrogens (tertiary/aromatic N) is 4. The van der Waals surface area contributed by atoms with Crippen molar-refractivity contribution < 1.29 is 4.79 Å². The summed E-state index contributed by atoms with van der Waals surface area (Å²) in [6, 6.07) is 4.99. The molecule has 0 spiro atoms. The number of nitrogens with one attached hydrogen (secondary N) is 2. The Bertz CT molecular complexity index is 849. The van der Waals surface area contributed by atoms with Gasteiger partial charge in [0.2, 0.25) is 11.9 Å². The second-order valence-electron chi connectivity index (χ2n) is 7.97. The van der Waals surface area contributed by atoms with E-state index in [1.807, 2.05) is 15.6 Å². The molecule has 2 aromatic rings. The molecule has 0 saturated carbocycles. The van der Waals surface area contributed by atoms with E-state index in [-0.39, 0.29) is 11.9 Å². The van der Waals surface area contributed by atoms with Crippen molar-refractivity contribution in [2.75, 3.05) is 24.5 Å². The Balaban J connectivity index is 1.51. The van der Waals surface area contributed by atoms with Crippen LogP contribution in [0.5, 0.6) is 0 Å². The molecule has 4 rings (SSSR count). The van der Waals surface area contributed by atoms with E-state index >= 15 is 0 Å². The summed E-state index contributed by atoms with van der Waals surface area (Å²) >= 11 is 0. The predicted octanol–water partition coefficient (Wildman–Crippen LogP) is 2.26. The molecule has 2 fully saturated rings. The van der Waals surface area contributed by atoms with E-state index in [0.717, 1.165) is 23.5 Å². The minimum absolute atomic E-state index is 0.0962. The molecule has 0 radical (unpaired) electrons. The second kappa shape index (κ2) is 7.31. The highest BCUT2D eigenvalue weighted by Gasteiger charge is 2.25. The van der Waals surface area contributed by atoms with Crippen molar-refractivity contribution >= 4 is 23.1 Å². The third-order valence-electron chi connectivity index (χ3n) is 5.85. The minimum atomic E-state index is -0.0962. The van der Waals surface area contributed by atoms with Crippen molar-refractivity contribution in [3.05, 3.63) is 30.1 Å². The average molecular weight is 368 g/mol. The molecule has 2 saturated heterocycles. The normalized spacial score (nSPS) is 19.9. The molecule has 144 valence electrons. The van der Waals surface area contributed by atoms with Gasteiger partial charge in [-0.05, 0) is 69.8 Å². The van der Waals surface area contributed by atoms with Crippen LogP contribution in [0.4, 0.5) is 5.69 Å². The Labute approximate surface area is 159 Å². The van der Waals surface area contributed by atoms with Crippen LogP contribution >= 0.6 is 0 Å². The lowest BCUT2D eigenvalue weighted by Crippen LogP contribution is -2.50. The quantitative estimate of drug-likeness (QED) is 0.868. The number of anilines is 1. The van der Waals surface area contributed by atoms with Gasteiger partial charge in [-0.25, -0.2) is 4.52 Å². The van der Waals surface area contributed by atoms with E-state index in [1.165, 1.54) is 31.5 Å². The Hall–Kier alpha value is -2.41. The number of rotatable bonds is 4. The van der Waals surface area contributed by atoms with Crippen LogP contribution in [0.1, 0.15) is 38.7 Å². The smallest absolute Gasteiger partial charge is 0.228 e. The lowest BCUT2D eigenvalue weighted by Gasteiger charge is -2.34. The molecule has 1 amide bonds. The monoisotopic (exact) mass is 368 g/mol. The molecule has 27 heavy (non-hydrogen) atoms. The van der Waals surface area contributed by atoms with Gasteiger partial charge in [-0.2, -0.15) is 5.10 Å². The Morgan fingerprint density at radius 1 is 1.30 bits per heavy atom. The average Bonchev–Trinajstić information content (AvgIpc) is 3.05. The van der Waals surface area contributed by atoms with E-state index in [4.69, 9.17) is 5.41 Å². The predicted molar refractivity (Wildman–Crippen MR) is 106 cm³/mol. The summed E-state index contributed by atoms with van der Waals surface area (Å²) in [7, 11) is 0. The number of piperidine rings is 1. The molecule has 2 aromatic heterocycles. The Morgan fingerprint density at radius 3 is 2.78 bits per heavy atom. The van der Waals surface area contributed by atoms with Crippen LogP contribution in [-0.4, -0.2) is 52.1 Å². The number of hydrogen-bond acceptors (Lipinski definition) is 4. The zero-order chi connectivity index (χ0) is 19.0. The third kappa shape index (κ3) is 3.69. The van der Waals surface area contributed by atoms with Crippen LogP contribution < -0.4 is 10.2 Å². The van der Waals surface area contributed by atoms with Gasteiger partial charge in [-0.1, -0.05) is 0 Å². The zero-order valence-corrected chi connectivity index (χ0v) is 16.1. The van der Waals surface area contributed by atoms with Crippen molar-refractivity contribution in [1.82, 2.24) is 19.8 Å². The lowest BCUT2D eigenvalue weighted by atomic mass is 9.90. The molecule has 0 atom stereocenters. The second-order valence-corrected chi connectivity index (χ2v) is 7.97. The first-order valence-electron chi connectivity index (χ1n) is 9.87. The van der Waals surface area contributed by atoms with Gasteiger partial charge in [0.25, 0.3) is 0 Å². The van der Waals surface area contributed by atoms with Gasteiger partial charge < -0.3 is 9.80 Å². The molecule has 4 heterocycles. The number of guanidine groups is 1. The van der Waals surface area contributed by atoms with Crippen LogP contribution in [0.3, 0.4) is 0 Å². The SMILES string of the molecule is CC(C)N1CCC(Cc2ccn3ncc(N4CCC(=O)NC4=N)c3c2)CC1. The Kier molecular flexibility index (Phi) is 4.86. The minimum Gasteiger partial charge on any atom is -0.309 e. The third-order valence-corrected chi connectivity index (χ3v) is 5.85. The van der Waals surface area contributed by atoms with Crippen LogP contribution in [0.25, 0.3) is 5.52 Å². The summed E-state index contributed by atoms with van der Waals surface area (Å²) in [6.07, 6.45) is 7.77. The maximum absolute atomic E-state index is 11.5. The van der Waals surface area contributed by atoms with Gasteiger partial charge in [0.15, 0.2) is 0 Å². The van der Waals surface area contributed by atoms with Gasteiger partial charge in [0.1, 0.15) is 0 Å². The van der Waals surface area contributed by atoms with Crippen LogP contribution in [0.2, 0.25) is 0 Å². The first-order chi connectivity index (χ1) is 13.0. The summed E-state index contributed by atoms with van der Waals surface area (Å²) in [4.78, 5) is 15.9. The van der Waals surface area contributed by atoms with Crippen molar-refractivity contribution in [2.24, 2.45) is 5.92 Å². The first kappa shape index (κ1) is 18.0. The highest BCUT2D eigenvalue weighted by molar-refractivity contribution is 6.08. The van der Waals surface area contributed by atoms with Crippen LogP contribution in [0, 0.1) is 11.3 Å². The molecule has 0 unspecified atom stereocenters. The summed E-state index contributed by atoms with van der Waals surface area (Å²) < 4.78 is 1.85. The van der Waals surface area contributed by atoms with Gasteiger partial charge in [0.05, 0.1) is 17.4 Å². The molecular weight excluding hydrogens is 340 g/mol. The topological polar surface area (TPSA) is 76.7 Å². The number of amides is 1. The summed E-state index contributed by atoms with van der Waals surface area (Å²) in [5, 5.41) is 15.1. The molecule has 0 bridgehead atoms. The van der Waals surface area contributed by atoms with Crippen LogP contribution in [0.15, 0.2) is 24.5 Å². The molecule has 7 nitrogen and oxygen atoms in total. The highest BCUT2D eigenvalue weighted by Crippen LogP contribution is 2.27. The van der Waals surface area contributed by atoms with Gasteiger partial charge in [-0.15, -0.1) is 0 Å². The fourth-order valence-electron chi connectivity index (χ4n) is 4.18. The molecule has 7 heteroatoms. The van der Waals surface area contributed by atoms with E-state index in [9.17, 15) is 4.79 Å². The molecular formula is C20H28N6O. The maximum atomic E-state index is 11.5. The molecule has 0 aromatic carbocycles. The first-order valence-corrected chi connectivity index (χ1v) is 9.87. The largest absolute Gasteiger partial charge is 0.309 e. The standard InChI is InChI=1S/C20H28N6O/c1-14(2)24-7-3-15(4-8-24)11-16-5-10-26-17(12-16)18(13-22-26)25-9-6-19(27)23-20(25)21/h5,10,12-15H,3-4,6-9,11H2,1-2H3,(H2,21,23,27). The van der Waals surface area contributed by atoms with Gasteiger partial charge >= 0.3 is 0 Å². The fourth-order valence-corrected chi connectivity index (χ4v) is 4.18. The molecule has 2 N–H and O–H groups in total. The molecule has 2 aliphatic rings. The van der Waals surface area contributed by atoms with E-state index in [1.54, 1.807) is 6.20 Å². The zero-order valence-electron chi connectivity index (χ0n) is 16.1. The number of fused-ring (bicyclic) bond motifs is 1. The van der Waals surface area contributed by atoms with E-state index in [0.29, 0.717) is 19.0 Å². The van der Waals surface area contributed by atoms with Crippen molar-refractivity contribution in [3.8, 4) is 0 Å². The summed E-state index contributed by atoms with van der Waals surface area (Å²) in [6.45, 7) is 7.44. The van der Waals surface area contributed by atoms with Crippen LogP contribution in [-0.2, 0) is 11.2 Å². The van der Waals surface area contributed by atoms with E-state index in [2.05, 4.69) is 41.3 Å². The van der Waals surface area contributed by atoms with Crippen molar-refractivity contribution in [1.29, 1.82) is 5.41 Å². The number of carbonyl (C=O) groups is 1. The number of carbonyl (C=O) groups excluding carboxylic acids is 1. The molecule has 0 aliphatic carbocycles. The lowest BCUT2D eigenvalue weighted by molar-refractivity contribution is -0.119. The van der Waals surface area contributed by atoms with Crippen molar-refractivity contribution in [3.63, 3.8) is 0 Å². The van der Waals surface area contributed by atoms with E-state index < -0.39 is 0 Å². The number of hydrogen-bond donors (Lipinski definition) is 2. The van der Waals surface area contributed by atoms with Gasteiger partial charge in [0, 0.05) is 25.2 Å². The van der Waals surface area contributed by atoms with Gasteiger partial charge in [-0.3, -0.25) is 15.5 Å². The number of pyridine rings is 1. The number of aromatic nitrogens is 2. The number of likely N-dealkylation sites (tertiary alicyclic amines) is 1.